The summed E-state index contributed by atoms with van der Waals surface area (Å²) in [5, 5.41) is 3.10. The van der Waals surface area contributed by atoms with Crippen molar-refractivity contribution in [3.63, 3.8) is 0 Å². The zero-order chi connectivity index (χ0) is 13.5. The zero-order valence-electron chi connectivity index (χ0n) is 10.6. The van der Waals surface area contributed by atoms with E-state index in [1.54, 1.807) is 0 Å². The van der Waals surface area contributed by atoms with Crippen LogP contribution in [0.1, 0.15) is 0 Å². The summed E-state index contributed by atoms with van der Waals surface area (Å²) in [6.45, 7) is 0. The molecule has 3 aromatic carbocycles. The Morgan fingerprint density at radius 1 is 0.850 bits per heavy atom. The number of aromatic amines is 1. The van der Waals surface area contributed by atoms with E-state index in [0.29, 0.717) is 5.02 Å². The lowest BCUT2D eigenvalue weighted by Crippen LogP contribution is -1.81. The molecule has 3 heteroatoms. The molecule has 2 nitrogen and oxygen atoms in total. The number of para-hydroxylation sites is 1. The van der Waals surface area contributed by atoms with Crippen molar-refractivity contribution in [2.24, 2.45) is 0 Å². The van der Waals surface area contributed by atoms with Gasteiger partial charge in [-0.15, -0.1) is 0 Å². The number of imidazole rings is 1. The lowest BCUT2D eigenvalue weighted by molar-refractivity contribution is 1.34. The Balaban J connectivity index is 1.94. The summed E-state index contributed by atoms with van der Waals surface area (Å²) >= 11 is 6.17. The standard InChI is InChI=1S/C17H11ClN2/c18-14-6-3-7-15-16(14)20-17(19-15)13-9-8-11-4-1-2-5-12(11)10-13/h1-10H,(H,19,20). The van der Waals surface area contributed by atoms with Gasteiger partial charge < -0.3 is 4.98 Å². The van der Waals surface area contributed by atoms with E-state index in [0.717, 1.165) is 22.4 Å². The van der Waals surface area contributed by atoms with E-state index in [9.17, 15) is 0 Å². The second kappa shape index (κ2) is 4.36. The normalized spacial score (nSPS) is 11.2. The molecule has 1 heterocycles. The maximum absolute atomic E-state index is 6.17. The molecule has 0 amide bonds. The van der Waals surface area contributed by atoms with Crippen LogP contribution >= 0.6 is 11.6 Å². The molecule has 0 spiro atoms. The third kappa shape index (κ3) is 1.77. The SMILES string of the molecule is Clc1cccc2[nH]c(-c3ccc4ccccc4c3)nc12. The molecule has 0 aliphatic rings. The van der Waals surface area contributed by atoms with Crippen molar-refractivity contribution in [2.75, 3.05) is 0 Å². The maximum Gasteiger partial charge on any atom is 0.138 e. The van der Waals surface area contributed by atoms with E-state index in [-0.39, 0.29) is 0 Å². The highest BCUT2D eigenvalue weighted by molar-refractivity contribution is 6.35. The predicted molar refractivity (Wildman–Crippen MR) is 84.0 cm³/mol. The summed E-state index contributed by atoms with van der Waals surface area (Å²) in [5.41, 5.74) is 2.84. The first-order chi connectivity index (χ1) is 9.81. The fourth-order valence-corrected chi connectivity index (χ4v) is 2.69. The molecule has 0 saturated heterocycles. The van der Waals surface area contributed by atoms with Crippen LogP contribution in [0.4, 0.5) is 0 Å². The van der Waals surface area contributed by atoms with Crippen LogP contribution in [-0.4, -0.2) is 9.97 Å². The first kappa shape index (κ1) is 11.5. The van der Waals surface area contributed by atoms with Gasteiger partial charge in [-0.1, -0.05) is 54.1 Å². The smallest absolute Gasteiger partial charge is 0.138 e. The summed E-state index contributed by atoms with van der Waals surface area (Å²) < 4.78 is 0. The van der Waals surface area contributed by atoms with Crippen LogP contribution in [0.5, 0.6) is 0 Å². The molecule has 0 fully saturated rings. The highest BCUT2D eigenvalue weighted by Gasteiger charge is 2.08. The van der Waals surface area contributed by atoms with Gasteiger partial charge in [0.05, 0.1) is 10.5 Å². The number of halogens is 1. The van der Waals surface area contributed by atoms with Gasteiger partial charge in [-0.2, -0.15) is 0 Å². The van der Waals surface area contributed by atoms with Crippen LogP contribution < -0.4 is 0 Å². The number of nitrogens with one attached hydrogen (secondary N) is 1. The molecule has 0 aliphatic carbocycles. The lowest BCUT2D eigenvalue weighted by Gasteiger charge is -2.00. The van der Waals surface area contributed by atoms with Crippen molar-refractivity contribution >= 4 is 33.4 Å². The van der Waals surface area contributed by atoms with E-state index in [1.807, 2.05) is 30.3 Å². The fraction of sp³-hybridized carbons (Fsp3) is 0. The summed E-state index contributed by atoms with van der Waals surface area (Å²) in [6.07, 6.45) is 0. The number of benzene rings is 3. The Bertz CT molecular complexity index is 924. The van der Waals surface area contributed by atoms with Crippen molar-refractivity contribution in [2.45, 2.75) is 0 Å². The van der Waals surface area contributed by atoms with Crippen molar-refractivity contribution in [1.29, 1.82) is 0 Å². The quantitative estimate of drug-likeness (QED) is 0.519. The Morgan fingerprint density at radius 2 is 1.70 bits per heavy atom. The van der Waals surface area contributed by atoms with Gasteiger partial charge in [0.25, 0.3) is 0 Å². The van der Waals surface area contributed by atoms with Crippen LogP contribution in [-0.2, 0) is 0 Å². The van der Waals surface area contributed by atoms with Gasteiger partial charge in [0, 0.05) is 5.56 Å². The van der Waals surface area contributed by atoms with Gasteiger partial charge in [-0.05, 0) is 29.0 Å². The Kier molecular flexibility index (Phi) is 2.51. The number of hydrogen-bond acceptors (Lipinski definition) is 1. The highest BCUT2D eigenvalue weighted by atomic mass is 35.5. The second-order valence-corrected chi connectivity index (χ2v) is 5.19. The molecule has 0 saturated carbocycles. The van der Waals surface area contributed by atoms with Crippen LogP contribution in [0.2, 0.25) is 5.02 Å². The van der Waals surface area contributed by atoms with Crippen molar-refractivity contribution in [3.8, 4) is 11.4 Å². The lowest BCUT2D eigenvalue weighted by atomic mass is 10.1. The molecule has 1 aromatic heterocycles. The van der Waals surface area contributed by atoms with Gasteiger partial charge in [0.1, 0.15) is 11.3 Å². The van der Waals surface area contributed by atoms with Crippen molar-refractivity contribution in [1.82, 2.24) is 9.97 Å². The largest absolute Gasteiger partial charge is 0.338 e. The minimum Gasteiger partial charge on any atom is -0.338 e. The van der Waals surface area contributed by atoms with E-state index < -0.39 is 0 Å². The topological polar surface area (TPSA) is 28.7 Å². The third-order valence-corrected chi connectivity index (χ3v) is 3.79. The molecular weight excluding hydrogens is 268 g/mol. The van der Waals surface area contributed by atoms with E-state index >= 15 is 0 Å². The molecule has 0 radical (unpaired) electrons. The summed E-state index contributed by atoms with van der Waals surface area (Å²) in [4.78, 5) is 7.92. The molecule has 0 atom stereocenters. The van der Waals surface area contributed by atoms with Crippen molar-refractivity contribution in [3.05, 3.63) is 65.7 Å². The number of rotatable bonds is 1. The molecule has 0 unspecified atom stereocenters. The highest BCUT2D eigenvalue weighted by Crippen LogP contribution is 2.27. The molecule has 0 aliphatic heterocycles. The van der Waals surface area contributed by atoms with E-state index in [1.165, 1.54) is 10.8 Å². The van der Waals surface area contributed by atoms with Crippen molar-refractivity contribution < 1.29 is 0 Å². The number of aromatic nitrogens is 2. The Hall–Kier alpha value is -2.32. The summed E-state index contributed by atoms with van der Waals surface area (Å²) in [6, 6.07) is 20.4. The Labute approximate surface area is 121 Å². The monoisotopic (exact) mass is 278 g/mol. The maximum atomic E-state index is 6.17. The average molecular weight is 279 g/mol. The number of fused-ring (bicyclic) bond motifs is 2. The van der Waals surface area contributed by atoms with Gasteiger partial charge in [0.15, 0.2) is 0 Å². The van der Waals surface area contributed by atoms with Gasteiger partial charge >= 0.3 is 0 Å². The molecule has 1 N–H and O–H groups in total. The van der Waals surface area contributed by atoms with Gasteiger partial charge in [-0.3, -0.25) is 0 Å². The molecule has 4 aromatic rings. The average Bonchev–Trinajstić information content (AvgIpc) is 2.92. The van der Waals surface area contributed by atoms with Crippen LogP contribution in [0.15, 0.2) is 60.7 Å². The van der Waals surface area contributed by atoms with Crippen LogP contribution in [0.25, 0.3) is 33.2 Å². The number of nitrogens with zero attached hydrogens (tertiary/aromatic N) is 1. The zero-order valence-corrected chi connectivity index (χ0v) is 11.4. The predicted octanol–water partition coefficient (Wildman–Crippen LogP) is 5.04. The second-order valence-electron chi connectivity index (χ2n) is 4.78. The van der Waals surface area contributed by atoms with Gasteiger partial charge in [-0.25, -0.2) is 4.98 Å². The van der Waals surface area contributed by atoms with Gasteiger partial charge in [0.2, 0.25) is 0 Å². The molecular formula is C17H11ClN2. The number of H-pyrrole nitrogens is 1. The molecule has 0 bridgehead atoms. The fourth-order valence-electron chi connectivity index (χ4n) is 2.47. The third-order valence-electron chi connectivity index (χ3n) is 3.49. The van der Waals surface area contributed by atoms with E-state index in [4.69, 9.17) is 11.6 Å². The summed E-state index contributed by atoms with van der Waals surface area (Å²) in [7, 11) is 0. The van der Waals surface area contributed by atoms with E-state index in [2.05, 4.69) is 40.3 Å². The van der Waals surface area contributed by atoms with Crippen LogP contribution in [0.3, 0.4) is 0 Å². The first-order valence-electron chi connectivity index (χ1n) is 6.45. The minimum absolute atomic E-state index is 0.672. The minimum atomic E-state index is 0.672. The summed E-state index contributed by atoms with van der Waals surface area (Å²) in [5.74, 6) is 0.846. The van der Waals surface area contributed by atoms with Crippen LogP contribution in [0, 0.1) is 0 Å². The molecule has 20 heavy (non-hydrogen) atoms. The first-order valence-corrected chi connectivity index (χ1v) is 6.82. The molecule has 4 rings (SSSR count). The number of hydrogen-bond donors (Lipinski definition) is 1. The Morgan fingerprint density at radius 3 is 2.55 bits per heavy atom. The molecule has 96 valence electrons.